The second-order valence-electron chi connectivity index (χ2n) is 6.90. The molecule has 0 bridgehead atoms. The Labute approximate surface area is 168 Å². The maximum absolute atomic E-state index is 12.5. The molecule has 0 aliphatic carbocycles. The molecule has 2 atom stereocenters. The molecule has 1 aliphatic rings. The van der Waals surface area contributed by atoms with Gasteiger partial charge in [0.05, 0.1) is 5.92 Å². The number of carbonyl (C=O) groups excluding carboxylic acids is 2. The standard InChI is InChI=1S/C18H28N4O2.2ClH/c1-13(2)10-16(11-19)21-17(23)15-4-3-9-22(12-15)18(24)14-5-7-20-8-6-14;;/h5-8,13,15-16H,3-4,9-12,19H2,1-2H3,(H,21,23);2*1H. The van der Waals surface area contributed by atoms with Crippen molar-refractivity contribution in [1.82, 2.24) is 15.2 Å². The van der Waals surface area contributed by atoms with Crippen LogP contribution in [0.3, 0.4) is 0 Å². The monoisotopic (exact) mass is 404 g/mol. The molecule has 148 valence electrons. The van der Waals surface area contributed by atoms with E-state index in [9.17, 15) is 9.59 Å². The number of aromatic nitrogens is 1. The van der Waals surface area contributed by atoms with Crippen LogP contribution < -0.4 is 11.1 Å². The smallest absolute Gasteiger partial charge is 0.253 e. The molecule has 2 unspecified atom stereocenters. The summed E-state index contributed by atoms with van der Waals surface area (Å²) in [6, 6.07) is 3.42. The number of hydrogen-bond acceptors (Lipinski definition) is 4. The summed E-state index contributed by atoms with van der Waals surface area (Å²) in [5, 5.41) is 3.06. The van der Waals surface area contributed by atoms with Gasteiger partial charge in [0.25, 0.3) is 5.91 Å². The molecule has 1 aromatic rings. The fraction of sp³-hybridized carbons (Fsp3) is 0.611. The van der Waals surface area contributed by atoms with Gasteiger partial charge < -0.3 is 16.0 Å². The molecule has 2 heterocycles. The molecule has 6 nitrogen and oxygen atoms in total. The number of pyridine rings is 1. The Morgan fingerprint density at radius 2 is 1.96 bits per heavy atom. The second kappa shape index (κ2) is 12.1. The van der Waals surface area contributed by atoms with Crippen molar-refractivity contribution < 1.29 is 9.59 Å². The lowest BCUT2D eigenvalue weighted by Crippen LogP contribution is -2.49. The minimum Gasteiger partial charge on any atom is -0.352 e. The first-order chi connectivity index (χ1) is 11.5. The normalized spacial score (nSPS) is 17.7. The molecule has 0 radical (unpaired) electrons. The van der Waals surface area contributed by atoms with Crippen molar-refractivity contribution >= 4 is 36.6 Å². The summed E-state index contributed by atoms with van der Waals surface area (Å²) in [5.41, 5.74) is 6.38. The number of carbonyl (C=O) groups is 2. The largest absolute Gasteiger partial charge is 0.352 e. The van der Waals surface area contributed by atoms with Crippen LogP contribution in [-0.4, -0.2) is 47.4 Å². The highest BCUT2D eigenvalue weighted by molar-refractivity contribution is 5.94. The Morgan fingerprint density at radius 1 is 1.31 bits per heavy atom. The SMILES string of the molecule is CC(C)CC(CN)NC(=O)C1CCCN(C(=O)c2ccncc2)C1.Cl.Cl. The van der Waals surface area contributed by atoms with Crippen molar-refractivity contribution in [3.8, 4) is 0 Å². The van der Waals surface area contributed by atoms with E-state index < -0.39 is 0 Å². The van der Waals surface area contributed by atoms with Gasteiger partial charge in [-0.25, -0.2) is 0 Å². The lowest BCUT2D eigenvalue weighted by Gasteiger charge is -2.33. The number of piperidine rings is 1. The van der Waals surface area contributed by atoms with Gasteiger partial charge in [0.2, 0.25) is 5.91 Å². The van der Waals surface area contributed by atoms with E-state index in [4.69, 9.17) is 5.73 Å². The Hall–Kier alpha value is -1.37. The van der Waals surface area contributed by atoms with Crippen LogP contribution in [0.15, 0.2) is 24.5 Å². The van der Waals surface area contributed by atoms with E-state index in [1.165, 1.54) is 0 Å². The van der Waals surface area contributed by atoms with Crippen molar-refractivity contribution in [3.05, 3.63) is 30.1 Å². The van der Waals surface area contributed by atoms with Gasteiger partial charge in [0.1, 0.15) is 0 Å². The summed E-state index contributed by atoms with van der Waals surface area (Å²) in [5.74, 6) is 0.298. The molecule has 1 saturated heterocycles. The minimum absolute atomic E-state index is 0. The third kappa shape index (κ3) is 7.09. The van der Waals surface area contributed by atoms with Crippen LogP contribution in [0.2, 0.25) is 0 Å². The molecule has 2 amide bonds. The molecule has 1 fully saturated rings. The molecule has 8 heteroatoms. The van der Waals surface area contributed by atoms with Crippen molar-refractivity contribution in [2.24, 2.45) is 17.6 Å². The van der Waals surface area contributed by atoms with E-state index in [0.29, 0.717) is 31.1 Å². The molecule has 3 N–H and O–H groups in total. The molecule has 0 aromatic carbocycles. The highest BCUT2D eigenvalue weighted by Crippen LogP contribution is 2.19. The van der Waals surface area contributed by atoms with E-state index >= 15 is 0 Å². The first kappa shape index (κ1) is 24.6. The number of halogens is 2. The van der Waals surface area contributed by atoms with Gasteiger partial charge >= 0.3 is 0 Å². The molecule has 0 spiro atoms. The Bertz CT molecular complexity index is 557. The molecular formula is C18H30Cl2N4O2. The maximum atomic E-state index is 12.5. The third-order valence-corrected chi connectivity index (χ3v) is 4.39. The van der Waals surface area contributed by atoms with E-state index in [2.05, 4.69) is 24.1 Å². The van der Waals surface area contributed by atoms with Crippen molar-refractivity contribution in [2.45, 2.75) is 39.2 Å². The quantitative estimate of drug-likeness (QED) is 0.760. The number of nitrogens with one attached hydrogen (secondary N) is 1. The van der Waals surface area contributed by atoms with Gasteiger partial charge in [-0.05, 0) is 37.3 Å². The molecular weight excluding hydrogens is 375 g/mol. The second-order valence-corrected chi connectivity index (χ2v) is 6.90. The third-order valence-electron chi connectivity index (χ3n) is 4.39. The summed E-state index contributed by atoms with van der Waals surface area (Å²) in [6.45, 7) is 5.83. The Balaban J connectivity index is 0.00000312. The fourth-order valence-corrected chi connectivity index (χ4v) is 3.15. The zero-order valence-electron chi connectivity index (χ0n) is 15.4. The zero-order valence-corrected chi connectivity index (χ0v) is 17.0. The van der Waals surface area contributed by atoms with Crippen LogP contribution in [0, 0.1) is 11.8 Å². The topological polar surface area (TPSA) is 88.3 Å². The molecule has 2 rings (SSSR count). The van der Waals surface area contributed by atoms with Gasteiger partial charge in [0, 0.05) is 43.6 Å². The predicted molar refractivity (Wildman–Crippen MR) is 108 cm³/mol. The highest BCUT2D eigenvalue weighted by Gasteiger charge is 2.29. The lowest BCUT2D eigenvalue weighted by molar-refractivity contribution is -0.127. The van der Waals surface area contributed by atoms with Crippen molar-refractivity contribution in [1.29, 1.82) is 0 Å². The van der Waals surface area contributed by atoms with Gasteiger partial charge in [0.15, 0.2) is 0 Å². The first-order valence-corrected chi connectivity index (χ1v) is 8.71. The number of nitrogens with zero attached hydrogens (tertiary/aromatic N) is 2. The minimum atomic E-state index is -0.161. The zero-order chi connectivity index (χ0) is 17.5. The summed E-state index contributed by atoms with van der Waals surface area (Å²) >= 11 is 0. The molecule has 0 saturated carbocycles. The highest BCUT2D eigenvalue weighted by atomic mass is 35.5. The maximum Gasteiger partial charge on any atom is 0.253 e. The van der Waals surface area contributed by atoms with Gasteiger partial charge in [-0.3, -0.25) is 14.6 Å². The molecule has 26 heavy (non-hydrogen) atoms. The first-order valence-electron chi connectivity index (χ1n) is 8.71. The Kier molecular flexibility index (Phi) is 11.5. The van der Waals surface area contributed by atoms with E-state index in [-0.39, 0.29) is 48.6 Å². The Morgan fingerprint density at radius 3 is 2.54 bits per heavy atom. The molecule has 1 aromatic heterocycles. The van der Waals surface area contributed by atoms with Gasteiger partial charge in [-0.1, -0.05) is 13.8 Å². The number of likely N-dealkylation sites (tertiary alicyclic amines) is 1. The van der Waals surface area contributed by atoms with Gasteiger partial charge in [-0.15, -0.1) is 24.8 Å². The fourth-order valence-electron chi connectivity index (χ4n) is 3.15. The van der Waals surface area contributed by atoms with Crippen molar-refractivity contribution in [2.75, 3.05) is 19.6 Å². The summed E-state index contributed by atoms with van der Waals surface area (Å²) in [6.07, 6.45) is 5.74. The predicted octanol–water partition coefficient (Wildman–Crippen LogP) is 2.27. The average molecular weight is 405 g/mol. The number of nitrogens with two attached hydrogens (primary N) is 1. The lowest BCUT2D eigenvalue weighted by atomic mass is 9.95. The number of amides is 2. The van der Waals surface area contributed by atoms with Crippen LogP contribution >= 0.6 is 24.8 Å². The summed E-state index contributed by atoms with van der Waals surface area (Å²) in [4.78, 5) is 30.8. The number of rotatable bonds is 6. The van der Waals surface area contributed by atoms with Crippen LogP contribution in [0.5, 0.6) is 0 Å². The van der Waals surface area contributed by atoms with E-state index in [1.807, 2.05) is 0 Å². The van der Waals surface area contributed by atoms with Crippen LogP contribution in [0.1, 0.15) is 43.5 Å². The number of hydrogen-bond donors (Lipinski definition) is 2. The van der Waals surface area contributed by atoms with E-state index in [0.717, 1.165) is 19.3 Å². The summed E-state index contributed by atoms with van der Waals surface area (Å²) < 4.78 is 0. The van der Waals surface area contributed by atoms with E-state index in [1.54, 1.807) is 29.4 Å². The van der Waals surface area contributed by atoms with Crippen molar-refractivity contribution in [3.63, 3.8) is 0 Å². The van der Waals surface area contributed by atoms with Crippen LogP contribution in [0.4, 0.5) is 0 Å². The van der Waals surface area contributed by atoms with Crippen LogP contribution in [0.25, 0.3) is 0 Å². The molecule has 1 aliphatic heterocycles. The van der Waals surface area contributed by atoms with Gasteiger partial charge in [-0.2, -0.15) is 0 Å². The van der Waals surface area contributed by atoms with Crippen LogP contribution in [-0.2, 0) is 4.79 Å². The summed E-state index contributed by atoms with van der Waals surface area (Å²) in [7, 11) is 0. The average Bonchev–Trinajstić information content (AvgIpc) is 2.60.